The van der Waals surface area contributed by atoms with E-state index in [0.717, 1.165) is 22.5 Å². The smallest absolute Gasteiger partial charge is 0.181 e. The van der Waals surface area contributed by atoms with Crippen molar-refractivity contribution in [1.29, 1.82) is 0 Å². The van der Waals surface area contributed by atoms with E-state index >= 15 is 0 Å². The highest BCUT2D eigenvalue weighted by atomic mass is 15.2. The predicted molar refractivity (Wildman–Crippen MR) is 99.8 cm³/mol. The summed E-state index contributed by atoms with van der Waals surface area (Å²) in [4.78, 5) is 17.9. The monoisotopic (exact) mass is 332 g/mol. The van der Waals surface area contributed by atoms with Gasteiger partial charge in [-0.15, -0.1) is 0 Å². The van der Waals surface area contributed by atoms with Gasteiger partial charge in [0.15, 0.2) is 11.6 Å². The predicted octanol–water partition coefficient (Wildman–Crippen LogP) is 4.10. The van der Waals surface area contributed by atoms with Crippen molar-refractivity contribution in [2.24, 2.45) is 0 Å². The lowest BCUT2D eigenvalue weighted by molar-refractivity contribution is 1.06. The molecule has 1 aromatic carbocycles. The van der Waals surface area contributed by atoms with Gasteiger partial charge in [0.2, 0.25) is 0 Å². The molecule has 0 atom stereocenters. The first-order valence-electron chi connectivity index (χ1n) is 7.94. The minimum atomic E-state index is 0. The lowest BCUT2D eigenvalue weighted by Crippen LogP contribution is -1.96. The molecule has 0 saturated heterocycles. The molecule has 4 aromatic rings. The van der Waals surface area contributed by atoms with Crippen molar-refractivity contribution < 1.29 is 2.85 Å². The largest absolute Gasteiger partial charge is 0.264 e. The highest BCUT2D eigenvalue weighted by Crippen LogP contribution is 2.23. The van der Waals surface area contributed by atoms with E-state index < -0.39 is 0 Å². The standard InChI is InChI=1S/C19H16N6.2H2/c1-12-5-3-6-14(9-12)18-23-19(25-24-18)17-13(2)21-11-16(22-17)15-7-4-8-20-10-15;;/h3-11H,1-2H3,(H,23,24,25);2*1H. The van der Waals surface area contributed by atoms with Crippen LogP contribution in [0.15, 0.2) is 55.0 Å². The maximum atomic E-state index is 4.70. The van der Waals surface area contributed by atoms with E-state index in [1.54, 1.807) is 18.6 Å². The van der Waals surface area contributed by atoms with E-state index in [9.17, 15) is 0 Å². The van der Waals surface area contributed by atoms with Crippen LogP contribution in [0, 0.1) is 13.8 Å². The van der Waals surface area contributed by atoms with Gasteiger partial charge in [-0.3, -0.25) is 15.1 Å². The molecule has 3 heterocycles. The zero-order valence-corrected chi connectivity index (χ0v) is 13.9. The van der Waals surface area contributed by atoms with Gasteiger partial charge in [0.05, 0.1) is 17.6 Å². The molecule has 1 N–H and O–H groups in total. The number of nitrogens with one attached hydrogen (secondary N) is 1. The molecule has 126 valence electrons. The second-order valence-electron chi connectivity index (χ2n) is 5.81. The number of nitrogens with zero attached hydrogens (tertiary/aromatic N) is 5. The zero-order chi connectivity index (χ0) is 17.2. The van der Waals surface area contributed by atoms with E-state index in [-0.39, 0.29) is 2.85 Å². The minimum absolute atomic E-state index is 0. The highest BCUT2D eigenvalue weighted by molar-refractivity contribution is 5.64. The third kappa shape index (κ3) is 3.01. The van der Waals surface area contributed by atoms with E-state index in [0.29, 0.717) is 17.3 Å². The summed E-state index contributed by atoms with van der Waals surface area (Å²) in [5, 5.41) is 7.31. The van der Waals surface area contributed by atoms with Gasteiger partial charge >= 0.3 is 0 Å². The van der Waals surface area contributed by atoms with Crippen LogP contribution in [-0.4, -0.2) is 30.1 Å². The highest BCUT2D eigenvalue weighted by Gasteiger charge is 2.13. The first-order valence-corrected chi connectivity index (χ1v) is 7.94. The number of hydrogen-bond donors (Lipinski definition) is 1. The quantitative estimate of drug-likeness (QED) is 0.611. The number of H-pyrrole nitrogens is 1. The summed E-state index contributed by atoms with van der Waals surface area (Å²) in [7, 11) is 0. The Labute approximate surface area is 148 Å². The van der Waals surface area contributed by atoms with Crippen molar-refractivity contribution in [3.8, 4) is 34.2 Å². The van der Waals surface area contributed by atoms with Crippen LogP contribution in [0.3, 0.4) is 0 Å². The maximum absolute atomic E-state index is 4.70. The Morgan fingerprint density at radius 2 is 1.84 bits per heavy atom. The van der Waals surface area contributed by atoms with Gasteiger partial charge in [-0.2, -0.15) is 5.10 Å². The summed E-state index contributed by atoms with van der Waals surface area (Å²) in [6, 6.07) is 11.9. The zero-order valence-electron chi connectivity index (χ0n) is 13.9. The van der Waals surface area contributed by atoms with Gasteiger partial charge in [-0.05, 0) is 32.0 Å². The third-order valence-corrected chi connectivity index (χ3v) is 3.90. The fraction of sp³-hybridized carbons (Fsp3) is 0.105. The molecule has 6 nitrogen and oxygen atoms in total. The van der Waals surface area contributed by atoms with Crippen molar-refractivity contribution in [3.05, 3.63) is 66.2 Å². The van der Waals surface area contributed by atoms with Crippen molar-refractivity contribution >= 4 is 0 Å². The van der Waals surface area contributed by atoms with Crippen molar-refractivity contribution in [2.75, 3.05) is 0 Å². The molecule has 0 aliphatic carbocycles. The van der Waals surface area contributed by atoms with Crippen molar-refractivity contribution in [2.45, 2.75) is 13.8 Å². The van der Waals surface area contributed by atoms with Crippen LogP contribution >= 0.6 is 0 Å². The molecule has 0 unspecified atom stereocenters. The Kier molecular flexibility index (Phi) is 3.78. The SMILES string of the molecule is Cc1cccc(-c2n[nH]c(-c3nc(-c4cccnc4)cnc3C)n2)c1.[HH].[HH]. The molecular formula is C19H20N6. The van der Waals surface area contributed by atoms with Crippen LogP contribution < -0.4 is 0 Å². The van der Waals surface area contributed by atoms with Gasteiger partial charge in [0.25, 0.3) is 0 Å². The van der Waals surface area contributed by atoms with Gasteiger partial charge in [0.1, 0.15) is 5.69 Å². The summed E-state index contributed by atoms with van der Waals surface area (Å²) in [5.74, 6) is 1.25. The molecule has 6 heteroatoms. The summed E-state index contributed by atoms with van der Waals surface area (Å²) in [6.07, 6.45) is 5.24. The average molecular weight is 332 g/mol. The Hall–Kier alpha value is -3.41. The van der Waals surface area contributed by atoms with Crippen LogP contribution in [-0.2, 0) is 0 Å². The van der Waals surface area contributed by atoms with Crippen LogP contribution in [0.5, 0.6) is 0 Å². The number of pyridine rings is 1. The van der Waals surface area contributed by atoms with E-state index in [1.165, 1.54) is 5.56 Å². The van der Waals surface area contributed by atoms with Crippen LogP contribution in [0.1, 0.15) is 14.1 Å². The average Bonchev–Trinajstić information content (AvgIpc) is 3.13. The van der Waals surface area contributed by atoms with Gasteiger partial charge < -0.3 is 0 Å². The molecule has 25 heavy (non-hydrogen) atoms. The molecule has 4 rings (SSSR count). The van der Waals surface area contributed by atoms with Crippen LogP contribution in [0.2, 0.25) is 0 Å². The van der Waals surface area contributed by atoms with E-state index in [2.05, 4.69) is 31.2 Å². The molecule has 3 aromatic heterocycles. The first-order chi connectivity index (χ1) is 12.2. The first kappa shape index (κ1) is 15.1. The normalized spacial score (nSPS) is 10.8. The van der Waals surface area contributed by atoms with Crippen molar-refractivity contribution in [1.82, 2.24) is 30.1 Å². The van der Waals surface area contributed by atoms with E-state index in [4.69, 9.17) is 4.98 Å². The van der Waals surface area contributed by atoms with Crippen LogP contribution in [0.25, 0.3) is 34.2 Å². The number of hydrogen-bond acceptors (Lipinski definition) is 5. The second kappa shape index (κ2) is 6.24. The molecule has 0 bridgehead atoms. The number of rotatable bonds is 3. The summed E-state index contributed by atoms with van der Waals surface area (Å²) in [5.41, 5.74) is 5.28. The van der Waals surface area contributed by atoms with Gasteiger partial charge in [-0.25, -0.2) is 9.97 Å². The molecule has 0 aliphatic heterocycles. The number of aromatic nitrogens is 6. The molecule has 0 saturated carbocycles. The summed E-state index contributed by atoms with van der Waals surface area (Å²) in [6.45, 7) is 3.95. The second-order valence-corrected chi connectivity index (χ2v) is 5.81. The van der Waals surface area contributed by atoms with Gasteiger partial charge in [-0.1, -0.05) is 23.8 Å². The Bertz CT molecular complexity index is 1030. The number of aryl methyl sites for hydroxylation is 2. The molecule has 0 fully saturated rings. The Balaban J connectivity index is 0.00000131. The van der Waals surface area contributed by atoms with Gasteiger partial charge in [0, 0.05) is 26.4 Å². The number of aromatic amines is 1. The Morgan fingerprint density at radius 1 is 0.960 bits per heavy atom. The minimum Gasteiger partial charge on any atom is -0.264 e. The summed E-state index contributed by atoms with van der Waals surface area (Å²) >= 11 is 0. The lowest BCUT2D eigenvalue weighted by Gasteiger charge is -2.04. The van der Waals surface area contributed by atoms with Crippen LogP contribution in [0.4, 0.5) is 0 Å². The topological polar surface area (TPSA) is 80.2 Å². The molecule has 0 aliphatic rings. The van der Waals surface area contributed by atoms with E-state index in [1.807, 2.05) is 44.2 Å². The number of benzene rings is 1. The fourth-order valence-electron chi connectivity index (χ4n) is 2.61. The molecular weight excluding hydrogens is 312 g/mol. The maximum Gasteiger partial charge on any atom is 0.181 e. The summed E-state index contributed by atoms with van der Waals surface area (Å²) < 4.78 is 0. The molecule has 0 amide bonds. The lowest BCUT2D eigenvalue weighted by atomic mass is 10.1. The van der Waals surface area contributed by atoms with Crippen molar-refractivity contribution in [3.63, 3.8) is 0 Å². The molecule has 0 spiro atoms. The molecule has 0 radical (unpaired) electrons. The Morgan fingerprint density at radius 3 is 2.64 bits per heavy atom. The fourth-order valence-corrected chi connectivity index (χ4v) is 2.61. The third-order valence-electron chi connectivity index (χ3n) is 3.90.